The summed E-state index contributed by atoms with van der Waals surface area (Å²) < 4.78 is 1.41. The Kier molecular flexibility index (Phi) is 2.90. The van der Waals surface area contributed by atoms with Gasteiger partial charge >= 0.3 is 11.7 Å². The Balaban J connectivity index is 2.21. The SMILES string of the molecule is Cc1nc(Cn2c(=O)[nH]c3cccc(C(=O)O)c32)cs1. The molecule has 0 atom stereocenters. The van der Waals surface area contributed by atoms with E-state index in [0.29, 0.717) is 11.0 Å². The number of benzene rings is 1. The first kappa shape index (κ1) is 12.6. The van der Waals surface area contributed by atoms with Crippen LogP contribution in [0.15, 0.2) is 28.4 Å². The van der Waals surface area contributed by atoms with Crippen molar-refractivity contribution < 1.29 is 9.90 Å². The smallest absolute Gasteiger partial charge is 0.337 e. The van der Waals surface area contributed by atoms with E-state index in [-0.39, 0.29) is 17.8 Å². The average Bonchev–Trinajstić information content (AvgIpc) is 2.94. The van der Waals surface area contributed by atoms with Gasteiger partial charge in [-0.25, -0.2) is 14.6 Å². The number of para-hydroxylation sites is 1. The summed E-state index contributed by atoms with van der Waals surface area (Å²) in [6, 6.07) is 4.78. The van der Waals surface area contributed by atoms with Crippen LogP contribution in [0, 0.1) is 6.92 Å². The molecular weight excluding hydrogens is 278 g/mol. The van der Waals surface area contributed by atoms with E-state index in [1.54, 1.807) is 12.1 Å². The number of aromatic nitrogens is 3. The highest BCUT2D eigenvalue weighted by Crippen LogP contribution is 2.18. The number of carbonyl (C=O) groups is 1. The first-order valence-corrected chi connectivity index (χ1v) is 6.80. The number of thiazole rings is 1. The molecule has 0 aliphatic heterocycles. The second kappa shape index (κ2) is 4.61. The van der Waals surface area contributed by atoms with Crippen LogP contribution in [-0.2, 0) is 6.54 Å². The van der Waals surface area contributed by atoms with Crippen LogP contribution in [0.5, 0.6) is 0 Å². The quantitative estimate of drug-likeness (QED) is 0.770. The maximum atomic E-state index is 12.0. The summed E-state index contributed by atoms with van der Waals surface area (Å²) in [7, 11) is 0. The molecule has 6 nitrogen and oxygen atoms in total. The lowest BCUT2D eigenvalue weighted by atomic mass is 10.2. The van der Waals surface area contributed by atoms with E-state index in [9.17, 15) is 14.7 Å². The Bertz CT molecular complexity index is 859. The molecule has 0 bridgehead atoms. The van der Waals surface area contributed by atoms with Crippen LogP contribution in [0.25, 0.3) is 11.0 Å². The van der Waals surface area contributed by atoms with E-state index in [2.05, 4.69) is 9.97 Å². The van der Waals surface area contributed by atoms with Crippen LogP contribution >= 0.6 is 11.3 Å². The Labute approximate surface area is 117 Å². The number of aromatic amines is 1. The molecule has 0 aliphatic rings. The monoisotopic (exact) mass is 289 g/mol. The molecule has 0 unspecified atom stereocenters. The van der Waals surface area contributed by atoms with Crippen molar-refractivity contribution in [2.75, 3.05) is 0 Å². The van der Waals surface area contributed by atoms with Gasteiger partial charge in [0.2, 0.25) is 0 Å². The summed E-state index contributed by atoms with van der Waals surface area (Å²) in [5, 5.41) is 12.0. The number of nitrogens with one attached hydrogen (secondary N) is 1. The van der Waals surface area contributed by atoms with Gasteiger partial charge in [0.15, 0.2) is 0 Å². The van der Waals surface area contributed by atoms with Crippen molar-refractivity contribution in [3.05, 3.63) is 50.3 Å². The molecule has 102 valence electrons. The Morgan fingerprint density at radius 3 is 2.95 bits per heavy atom. The minimum atomic E-state index is -1.06. The first-order chi connectivity index (χ1) is 9.56. The lowest BCUT2D eigenvalue weighted by Gasteiger charge is -2.03. The molecule has 0 spiro atoms. The fourth-order valence-corrected chi connectivity index (χ4v) is 2.79. The van der Waals surface area contributed by atoms with Gasteiger partial charge in [0, 0.05) is 5.38 Å². The van der Waals surface area contributed by atoms with Crippen molar-refractivity contribution in [3.63, 3.8) is 0 Å². The van der Waals surface area contributed by atoms with Crippen molar-refractivity contribution in [1.82, 2.24) is 14.5 Å². The third-order valence-electron chi connectivity index (χ3n) is 3.01. The highest BCUT2D eigenvalue weighted by atomic mass is 32.1. The summed E-state index contributed by atoms with van der Waals surface area (Å²) in [5.41, 5.74) is 1.43. The third-order valence-corrected chi connectivity index (χ3v) is 3.83. The fraction of sp³-hybridized carbons (Fsp3) is 0.154. The number of H-pyrrole nitrogens is 1. The van der Waals surface area contributed by atoms with Crippen molar-refractivity contribution in [2.24, 2.45) is 0 Å². The second-order valence-corrected chi connectivity index (χ2v) is 5.44. The number of carboxylic acids is 1. The normalized spacial score (nSPS) is 11.1. The van der Waals surface area contributed by atoms with Gasteiger partial charge in [-0.3, -0.25) is 4.57 Å². The predicted molar refractivity (Wildman–Crippen MR) is 75.5 cm³/mol. The molecule has 0 saturated carbocycles. The van der Waals surface area contributed by atoms with Gasteiger partial charge in [0.1, 0.15) is 0 Å². The van der Waals surface area contributed by atoms with Gasteiger partial charge in [-0.2, -0.15) is 0 Å². The number of hydrogen-bond acceptors (Lipinski definition) is 4. The summed E-state index contributed by atoms with van der Waals surface area (Å²) in [5.74, 6) is -1.06. The maximum absolute atomic E-state index is 12.0. The number of carboxylic acid groups (broad SMARTS) is 1. The molecule has 2 heterocycles. The van der Waals surface area contributed by atoms with Crippen LogP contribution in [0.2, 0.25) is 0 Å². The van der Waals surface area contributed by atoms with Crippen molar-refractivity contribution in [1.29, 1.82) is 0 Å². The van der Waals surface area contributed by atoms with E-state index < -0.39 is 5.97 Å². The molecule has 3 rings (SSSR count). The van der Waals surface area contributed by atoms with Gasteiger partial charge in [-0.15, -0.1) is 11.3 Å². The molecule has 7 heteroatoms. The highest BCUT2D eigenvalue weighted by molar-refractivity contribution is 7.09. The molecular formula is C13H11N3O3S. The molecule has 3 aromatic rings. The minimum Gasteiger partial charge on any atom is -0.478 e. The predicted octanol–water partition coefficient (Wildman–Crippen LogP) is 1.84. The van der Waals surface area contributed by atoms with Crippen LogP contribution in [0.1, 0.15) is 21.1 Å². The van der Waals surface area contributed by atoms with Gasteiger partial charge in [0.25, 0.3) is 0 Å². The molecule has 0 saturated heterocycles. The number of fused-ring (bicyclic) bond motifs is 1. The number of aromatic carboxylic acids is 1. The second-order valence-electron chi connectivity index (χ2n) is 4.38. The number of hydrogen-bond donors (Lipinski definition) is 2. The molecule has 20 heavy (non-hydrogen) atoms. The zero-order valence-corrected chi connectivity index (χ0v) is 11.4. The molecule has 1 aromatic carbocycles. The van der Waals surface area contributed by atoms with Gasteiger partial charge in [0.05, 0.1) is 33.8 Å². The van der Waals surface area contributed by atoms with Crippen LogP contribution in [-0.4, -0.2) is 25.6 Å². The Morgan fingerprint density at radius 1 is 1.50 bits per heavy atom. The average molecular weight is 289 g/mol. The number of nitrogens with zero attached hydrogens (tertiary/aromatic N) is 2. The highest BCUT2D eigenvalue weighted by Gasteiger charge is 2.16. The zero-order valence-electron chi connectivity index (χ0n) is 10.6. The minimum absolute atomic E-state index is 0.104. The molecule has 0 fully saturated rings. The van der Waals surface area contributed by atoms with E-state index >= 15 is 0 Å². The van der Waals surface area contributed by atoms with E-state index in [1.807, 2.05) is 12.3 Å². The third kappa shape index (κ3) is 2.01. The molecule has 2 aromatic heterocycles. The number of imidazole rings is 1. The van der Waals surface area contributed by atoms with Crippen molar-refractivity contribution in [2.45, 2.75) is 13.5 Å². The molecule has 0 aliphatic carbocycles. The Hall–Kier alpha value is -2.41. The largest absolute Gasteiger partial charge is 0.478 e. The van der Waals surface area contributed by atoms with Crippen LogP contribution in [0.4, 0.5) is 0 Å². The topological polar surface area (TPSA) is 88.0 Å². The lowest BCUT2D eigenvalue weighted by Crippen LogP contribution is -2.18. The summed E-state index contributed by atoms with van der Waals surface area (Å²) >= 11 is 1.49. The maximum Gasteiger partial charge on any atom is 0.337 e. The fourth-order valence-electron chi connectivity index (χ4n) is 2.19. The number of rotatable bonds is 3. The summed E-state index contributed by atoms with van der Waals surface area (Å²) in [6.45, 7) is 2.14. The molecule has 0 amide bonds. The van der Waals surface area contributed by atoms with Gasteiger partial charge in [-0.05, 0) is 19.1 Å². The van der Waals surface area contributed by atoms with Gasteiger partial charge < -0.3 is 10.1 Å². The van der Waals surface area contributed by atoms with Crippen LogP contribution < -0.4 is 5.69 Å². The van der Waals surface area contributed by atoms with Crippen molar-refractivity contribution in [3.8, 4) is 0 Å². The molecule has 2 N–H and O–H groups in total. The summed E-state index contributed by atoms with van der Waals surface area (Å²) in [4.78, 5) is 30.3. The summed E-state index contributed by atoms with van der Waals surface area (Å²) in [6.07, 6.45) is 0. The van der Waals surface area contributed by atoms with E-state index in [0.717, 1.165) is 10.7 Å². The van der Waals surface area contributed by atoms with Crippen molar-refractivity contribution >= 4 is 28.3 Å². The molecule has 0 radical (unpaired) electrons. The van der Waals surface area contributed by atoms with E-state index in [1.165, 1.54) is 22.0 Å². The van der Waals surface area contributed by atoms with Crippen LogP contribution in [0.3, 0.4) is 0 Å². The first-order valence-electron chi connectivity index (χ1n) is 5.92. The lowest BCUT2D eigenvalue weighted by molar-refractivity contribution is 0.0698. The zero-order chi connectivity index (χ0) is 14.3. The van der Waals surface area contributed by atoms with E-state index in [4.69, 9.17) is 0 Å². The van der Waals surface area contributed by atoms with Gasteiger partial charge in [-0.1, -0.05) is 6.07 Å². The standard InChI is InChI=1S/C13H11N3O3S/c1-7-14-8(6-20-7)5-16-11-9(12(17)18)3-2-4-10(11)15-13(16)19/h2-4,6H,5H2,1H3,(H,15,19)(H,17,18). The number of aryl methyl sites for hydroxylation is 1. The Morgan fingerprint density at radius 2 is 2.30 bits per heavy atom.